The normalized spacial score (nSPS) is 16.7. The minimum atomic E-state index is 0.561. The van der Waals surface area contributed by atoms with Crippen molar-refractivity contribution >= 4 is 45.0 Å². The van der Waals surface area contributed by atoms with E-state index in [1.165, 1.54) is 42.4 Å². The zero-order valence-electron chi connectivity index (χ0n) is 15.1. The van der Waals surface area contributed by atoms with E-state index in [1.807, 2.05) is 12.1 Å². The molecule has 0 unspecified atom stereocenters. The van der Waals surface area contributed by atoms with Gasteiger partial charge in [0.25, 0.3) is 11.4 Å². The molecule has 0 N–H and O–H groups in total. The van der Waals surface area contributed by atoms with E-state index in [-0.39, 0.29) is 0 Å². The summed E-state index contributed by atoms with van der Waals surface area (Å²) >= 11 is 0. The third-order valence-corrected chi connectivity index (χ3v) is 5.90. The van der Waals surface area contributed by atoms with Gasteiger partial charge < -0.3 is 4.42 Å². The van der Waals surface area contributed by atoms with E-state index in [2.05, 4.69) is 69.8 Å². The number of nitrogens with zero attached hydrogens (tertiary/aromatic N) is 2. The molecule has 3 heteroatoms. The summed E-state index contributed by atoms with van der Waals surface area (Å²) in [6.07, 6.45) is 5.13. The van der Waals surface area contributed by atoms with E-state index in [4.69, 9.17) is 4.42 Å². The smallest absolute Gasteiger partial charge is 0.456 e. The molecule has 27 heavy (non-hydrogen) atoms. The van der Waals surface area contributed by atoms with Gasteiger partial charge >= 0.3 is 6.01 Å². The molecule has 4 aromatic rings. The second kappa shape index (κ2) is 5.67. The monoisotopic (exact) mass is 352 g/mol. The predicted molar refractivity (Wildman–Crippen MR) is 109 cm³/mol. The molecule has 1 fully saturated rings. The van der Waals surface area contributed by atoms with Crippen molar-refractivity contribution in [2.24, 2.45) is 0 Å². The largest absolute Gasteiger partial charge is 0.496 e. The van der Waals surface area contributed by atoms with Crippen molar-refractivity contribution in [3.8, 4) is 0 Å². The first-order chi connectivity index (χ1) is 13.4. The van der Waals surface area contributed by atoms with Gasteiger partial charge in [-0.1, -0.05) is 34.9 Å². The molecule has 6 rings (SSSR count). The van der Waals surface area contributed by atoms with Crippen LogP contribution in [-0.2, 0) is 0 Å². The predicted octanol–water partition coefficient (Wildman–Crippen LogP) is 6.19. The topological polar surface area (TPSA) is 19.2 Å². The number of fused-ring (bicyclic) bond motifs is 4. The van der Waals surface area contributed by atoms with Crippen molar-refractivity contribution in [2.75, 3.05) is 0 Å². The first-order valence-corrected chi connectivity index (χ1v) is 9.74. The van der Waals surface area contributed by atoms with E-state index < -0.39 is 0 Å². The maximum Gasteiger partial charge on any atom is 0.496 e. The number of para-hydroxylation sites is 3. The van der Waals surface area contributed by atoms with E-state index >= 15 is 0 Å². The van der Waals surface area contributed by atoms with Gasteiger partial charge in [0.2, 0.25) is 5.69 Å². The molecule has 0 bridgehead atoms. The summed E-state index contributed by atoms with van der Waals surface area (Å²) in [5, 5.41) is 2.33. The van der Waals surface area contributed by atoms with Crippen molar-refractivity contribution < 1.29 is 8.99 Å². The highest BCUT2D eigenvalue weighted by Crippen LogP contribution is 2.38. The summed E-state index contributed by atoms with van der Waals surface area (Å²) in [6, 6.07) is 27.5. The van der Waals surface area contributed by atoms with Crippen LogP contribution < -0.4 is 4.58 Å². The van der Waals surface area contributed by atoms with Crippen LogP contribution in [0.15, 0.2) is 71.1 Å². The van der Waals surface area contributed by atoms with Crippen LogP contribution in [0, 0.1) is 0 Å². The van der Waals surface area contributed by atoms with E-state index in [0.29, 0.717) is 6.04 Å². The van der Waals surface area contributed by atoms with Gasteiger partial charge in [-0.2, -0.15) is 0 Å². The Labute approximate surface area is 157 Å². The van der Waals surface area contributed by atoms with Crippen LogP contribution in [-0.4, -0.2) is 16.6 Å². The first kappa shape index (κ1) is 15.0. The number of benzene rings is 3. The van der Waals surface area contributed by atoms with Gasteiger partial charge in [-0.15, -0.1) is 0 Å². The molecule has 0 radical (unpaired) electrons. The van der Waals surface area contributed by atoms with Crippen molar-refractivity contribution in [1.29, 1.82) is 0 Å². The highest BCUT2D eigenvalue weighted by Gasteiger charge is 2.40. The molecule has 0 atom stereocenters. The standard InChI is InChI=1S/C24H20N2O/c1-2-8-17(7-1)25-16-26(22-11-5-4-10-21(22)25)18-13-14-20-19-9-3-6-12-23(19)27-24(20)15-18/h3-6,9-15,17H,1-2,7-8H2/q+2. The van der Waals surface area contributed by atoms with Crippen LogP contribution in [0.2, 0.25) is 0 Å². The Morgan fingerprint density at radius 1 is 0.778 bits per heavy atom. The average molecular weight is 352 g/mol. The number of hydrogen-bond donors (Lipinski definition) is 0. The Balaban J connectivity index is 1.56. The van der Waals surface area contributed by atoms with Gasteiger partial charge in [0.05, 0.1) is 6.07 Å². The molecule has 0 spiro atoms. The molecule has 3 nitrogen and oxygen atoms in total. The fourth-order valence-electron chi connectivity index (χ4n) is 4.56. The lowest BCUT2D eigenvalue weighted by Gasteiger charge is -2.01. The lowest BCUT2D eigenvalue weighted by molar-refractivity contribution is -0.474. The highest BCUT2D eigenvalue weighted by molar-refractivity contribution is 6.05. The maximum absolute atomic E-state index is 6.10. The molecule has 130 valence electrons. The summed E-state index contributed by atoms with van der Waals surface area (Å²) in [5.41, 5.74) is 5.41. The second-order valence-electron chi connectivity index (χ2n) is 7.51. The number of furan rings is 1. The molecule has 3 aromatic carbocycles. The fourth-order valence-corrected chi connectivity index (χ4v) is 4.56. The maximum atomic E-state index is 6.10. The van der Waals surface area contributed by atoms with Gasteiger partial charge in [0.15, 0.2) is 6.04 Å². The molecule has 1 aromatic heterocycles. The Hall–Kier alpha value is -3.16. The van der Waals surface area contributed by atoms with Crippen LogP contribution in [0.4, 0.5) is 17.1 Å². The van der Waals surface area contributed by atoms with Crippen LogP contribution >= 0.6 is 0 Å². The molecule has 2 aliphatic rings. The summed E-state index contributed by atoms with van der Waals surface area (Å²) in [5.74, 6) is 0. The molecule has 0 amide bonds. The van der Waals surface area contributed by atoms with Crippen molar-refractivity contribution in [3.63, 3.8) is 0 Å². The van der Waals surface area contributed by atoms with Gasteiger partial charge in [-0.25, -0.2) is 0 Å². The Bertz CT molecular complexity index is 1270. The fraction of sp³-hybridized carbons (Fsp3) is 0.208. The van der Waals surface area contributed by atoms with Gasteiger partial charge in [0, 0.05) is 41.8 Å². The van der Waals surface area contributed by atoms with Crippen LogP contribution in [0.25, 0.3) is 21.9 Å². The van der Waals surface area contributed by atoms with Gasteiger partial charge in [-0.3, -0.25) is 0 Å². The third kappa shape index (κ3) is 2.22. The highest BCUT2D eigenvalue weighted by atomic mass is 16.3. The number of rotatable bonds is 2. The van der Waals surface area contributed by atoms with Crippen molar-refractivity contribution in [3.05, 3.63) is 66.7 Å². The summed E-state index contributed by atoms with van der Waals surface area (Å²) < 4.78 is 10.6. The van der Waals surface area contributed by atoms with Gasteiger partial charge in [-0.05, 0) is 29.5 Å². The first-order valence-electron chi connectivity index (χ1n) is 9.74. The third-order valence-electron chi connectivity index (χ3n) is 5.90. The quantitative estimate of drug-likeness (QED) is 0.393. The van der Waals surface area contributed by atoms with Crippen molar-refractivity contribution in [2.45, 2.75) is 31.7 Å². The lowest BCUT2D eigenvalue weighted by Crippen LogP contribution is -2.16. The van der Waals surface area contributed by atoms with E-state index in [9.17, 15) is 0 Å². The zero-order valence-corrected chi connectivity index (χ0v) is 15.1. The molecule has 1 saturated carbocycles. The average Bonchev–Trinajstić information content (AvgIpc) is 3.43. The Morgan fingerprint density at radius 3 is 2.41 bits per heavy atom. The Morgan fingerprint density at radius 2 is 1.52 bits per heavy atom. The van der Waals surface area contributed by atoms with Gasteiger partial charge in [0.1, 0.15) is 11.2 Å². The number of hydrogen-bond acceptors (Lipinski definition) is 1. The van der Waals surface area contributed by atoms with Crippen LogP contribution in [0.5, 0.6) is 0 Å². The van der Waals surface area contributed by atoms with Crippen molar-refractivity contribution in [1.82, 2.24) is 4.58 Å². The van der Waals surface area contributed by atoms with Crippen LogP contribution in [0.1, 0.15) is 25.7 Å². The second-order valence-corrected chi connectivity index (χ2v) is 7.51. The SMILES string of the molecule is C1=[N+](c2ccc3c(c2)oc2ccccc23)c2ccccc2[N+]=1C1CCCC1. The lowest BCUT2D eigenvalue weighted by atomic mass is 10.1. The minimum absolute atomic E-state index is 0.561. The molecular weight excluding hydrogens is 332 g/mol. The molecule has 0 saturated heterocycles. The molecule has 2 heterocycles. The molecule has 1 aliphatic heterocycles. The van der Waals surface area contributed by atoms with E-state index in [0.717, 1.165) is 22.2 Å². The summed E-state index contributed by atoms with van der Waals surface area (Å²) in [7, 11) is 0. The zero-order chi connectivity index (χ0) is 17.8. The summed E-state index contributed by atoms with van der Waals surface area (Å²) in [4.78, 5) is 0. The molecule has 1 aliphatic carbocycles. The van der Waals surface area contributed by atoms with Crippen LogP contribution in [0.3, 0.4) is 0 Å². The summed E-state index contributed by atoms with van der Waals surface area (Å²) in [6.45, 7) is 0. The Kier molecular flexibility index (Phi) is 3.14. The van der Waals surface area contributed by atoms with E-state index in [1.54, 1.807) is 0 Å². The minimum Gasteiger partial charge on any atom is -0.456 e. The molecular formula is C24H20N2O+2.